The number of amides is 1. The second-order valence-electron chi connectivity index (χ2n) is 6.77. The molecule has 1 atom stereocenters. The zero-order valence-corrected chi connectivity index (χ0v) is 15.0. The molecule has 8 heteroatoms. The quantitative estimate of drug-likeness (QED) is 0.812. The van der Waals surface area contributed by atoms with Gasteiger partial charge in [-0.2, -0.15) is 0 Å². The van der Waals surface area contributed by atoms with Crippen LogP contribution in [0.4, 0.5) is 0 Å². The van der Waals surface area contributed by atoms with Gasteiger partial charge >= 0.3 is 0 Å². The van der Waals surface area contributed by atoms with Crippen molar-refractivity contribution in [1.29, 1.82) is 0 Å². The van der Waals surface area contributed by atoms with Gasteiger partial charge in [0, 0.05) is 25.5 Å². The Morgan fingerprint density at radius 3 is 2.88 bits per heavy atom. The number of aryl methyl sites for hydroxylation is 1. The Morgan fingerprint density at radius 1 is 1.27 bits per heavy atom. The molecular weight excluding hydrogens is 332 g/mol. The topological polar surface area (TPSA) is 76.4 Å². The maximum atomic E-state index is 12.6. The fraction of sp³-hybridized carbons (Fsp3) is 0.556. The number of hydrogen-bond donors (Lipinski definition) is 0. The van der Waals surface area contributed by atoms with Gasteiger partial charge in [0.15, 0.2) is 5.82 Å². The van der Waals surface area contributed by atoms with Crippen LogP contribution < -0.4 is 0 Å². The molecule has 0 aliphatic carbocycles. The fourth-order valence-corrected chi connectivity index (χ4v) is 3.70. The number of nitrogens with zero attached hydrogens (tertiary/aromatic N) is 6. The van der Waals surface area contributed by atoms with E-state index in [0.717, 1.165) is 36.7 Å². The van der Waals surface area contributed by atoms with Crippen molar-refractivity contribution in [2.45, 2.75) is 25.8 Å². The van der Waals surface area contributed by atoms with Gasteiger partial charge in [-0.25, -0.2) is 9.97 Å². The largest absolute Gasteiger partial charge is 0.378 e. The van der Waals surface area contributed by atoms with Crippen molar-refractivity contribution in [3.05, 3.63) is 36.3 Å². The molecule has 0 radical (unpaired) electrons. The summed E-state index contributed by atoms with van der Waals surface area (Å²) in [5.41, 5.74) is 0.919. The molecule has 138 valence electrons. The number of hydrogen-bond acceptors (Lipinski definition) is 6. The van der Waals surface area contributed by atoms with Gasteiger partial charge < -0.3 is 9.64 Å². The van der Waals surface area contributed by atoms with Gasteiger partial charge in [-0.15, -0.1) is 0 Å². The van der Waals surface area contributed by atoms with E-state index in [1.54, 1.807) is 12.4 Å². The lowest BCUT2D eigenvalue weighted by Crippen LogP contribution is -2.45. The van der Waals surface area contributed by atoms with Crippen molar-refractivity contribution in [2.75, 3.05) is 39.4 Å². The Kier molecular flexibility index (Phi) is 4.94. The summed E-state index contributed by atoms with van der Waals surface area (Å²) in [7, 11) is 0. The van der Waals surface area contributed by atoms with Gasteiger partial charge in [0.2, 0.25) is 5.91 Å². The summed E-state index contributed by atoms with van der Waals surface area (Å²) in [6.45, 7) is 5.92. The molecule has 0 N–H and O–H groups in total. The number of rotatable bonds is 4. The Morgan fingerprint density at radius 2 is 2.12 bits per heavy atom. The highest BCUT2D eigenvalue weighted by Crippen LogP contribution is 2.30. The molecule has 2 aliphatic heterocycles. The molecule has 8 nitrogen and oxygen atoms in total. The van der Waals surface area contributed by atoms with Crippen LogP contribution in [-0.4, -0.2) is 74.6 Å². The molecule has 2 aromatic rings. The molecule has 4 rings (SSSR count). The van der Waals surface area contributed by atoms with E-state index < -0.39 is 0 Å². The normalized spacial score (nSPS) is 21.3. The molecule has 2 saturated heterocycles. The summed E-state index contributed by atoms with van der Waals surface area (Å²) in [4.78, 5) is 30.2. The first-order valence-corrected chi connectivity index (χ1v) is 9.14. The van der Waals surface area contributed by atoms with Crippen LogP contribution >= 0.6 is 0 Å². The molecule has 1 amide bonds. The maximum Gasteiger partial charge on any atom is 0.236 e. The molecule has 26 heavy (non-hydrogen) atoms. The minimum absolute atomic E-state index is 0.135. The zero-order valence-electron chi connectivity index (χ0n) is 15.0. The van der Waals surface area contributed by atoms with Crippen molar-refractivity contribution in [1.82, 2.24) is 29.3 Å². The van der Waals surface area contributed by atoms with E-state index >= 15 is 0 Å². The van der Waals surface area contributed by atoms with Gasteiger partial charge in [0.1, 0.15) is 5.82 Å². The van der Waals surface area contributed by atoms with Crippen molar-refractivity contribution in [3.63, 3.8) is 0 Å². The first-order valence-electron chi connectivity index (χ1n) is 9.14. The van der Waals surface area contributed by atoms with E-state index in [9.17, 15) is 4.79 Å². The minimum Gasteiger partial charge on any atom is -0.378 e. The summed E-state index contributed by atoms with van der Waals surface area (Å²) < 4.78 is 7.26. The Labute approximate surface area is 152 Å². The number of morpholine rings is 1. The molecule has 2 fully saturated rings. The van der Waals surface area contributed by atoms with Crippen molar-refractivity contribution in [2.24, 2.45) is 0 Å². The summed E-state index contributed by atoms with van der Waals surface area (Å²) in [6.07, 6.45) is 9.27. The third kappa shape index (κ3) is 3.47. The minimum atomic E-state index is 0.135. The van der Waals surface area contributed by atoms with Crippen LogP contribution in [0, 0.1) is 6.92 Å². The van der Waals surface area contributed by atoms with Crippen molar-refractivity contribution < 1.29 is 9.53 Å². The van der Waals surface area contributed by atoms with Crippen LogP contribution in [-0.2, 0) is 9.53 Å². The van der Waals surface area contributed by atoms with Crippen molar-refractivity contribution >= 4 is 5.91 Å². The molecule has 0 spiro atoms. The Balaban J connectivity index is 1.49. The van der Waals surface area contributed by atoms with Gasteiger partial charge in [-0.05, 0) is 26.3 Å². The van der Waals surface area contributed by atoms with Gasteiger partial charge in [0.25, 0.3) is 0 Å². The highest BCUT2D eigenvalue weighted by Gasteiger charge is 2.30. The molecule has 0 aromatic carbocycles. The third-order valence-corrected chi connectivity index (χ3v) is 5.12. The van der Waals surface area contributed by atoms with Gasteiger partial charge in [-0.3, -0.25) is 19.2 Å². The molecule has 0 saturated carbocycles. The van der Waals surface area contributed by atoms with Crippen molar-refractivity contribution in [3.8, 4) is 5.82 Å². The predicted octanol–water partition coefficient (Wildman–Crippen LogP) is 0.966. The van der Waals surface area contributed by atoms with E-state index in [1.807, 2.05) is 28.8 Å². The first-order chi connectivity index (χ1) is 12.7. The molecule has 1 unspecified atom stereocenters. The number of imidazole rings is 1. The van der Waals surface area contributed by atoms with E-state index in [4.69, 9.17) is 9.72 Å². The first kappa shape index (κ1) is 17.1. The summed E-state index contributed by atoms with van der Waals surface area (Å²) in [5.74, 6) is 1.82. The maximum absolute atomic E-state index is 12.6. The van der Waals surface area contributed by atoms with Crippen LogP contribution in [0.1, 0.15) is 30.4 Å². The average Bonchev–Trinajstić information content (AvgIpc) is 3.31. The van der Waals surface area contributed by atoms with E-state index in [0.29, 0.717) is 32.8 Å². The second-order valence-corrected chi connectivity index (χ2v) is 6.77. The second kappa shape index (κ2) is 7.51. The lowest BCUT2D eigenvalue weighted by atomic mass is 10.1. The van der Waals surface area contributed by atoms with Gasteiger partial charge in [0.05, 0.1) is 43.9 Å². The van der Waals surface area contributed by atoms with Crippen LogP contribution in [0.15, 0.2) is 24.8 Å². The lowest BCUT2D eigenvalue weighted by Gasteiger charge is -2.30. The summed E-state index contributed by atoms with van der Waals surface area (Å²) in [6, 6.07) is 0.135. The summed E-state index contributed by atoms with van der Waals surface area (Å²) in [5, 5.41) is 0. The number of carbonyl (C=O) groups excluding carboxylic acids is 1. The zero-order chi connectivity index (χ0) is 17.9. The highest BCUT2D eigenvalue weighted by atomic mass is 16.5. The summed E-state index contributed by atoms with van der Waals surface area (Å²) >= 11 is 0. The highest BCUT2D eigenvalue weighted by molar-refractivity contribution is 5.78. The third-order valence-electron chi connectivity index (χ3n) is 5.12. The smallest absolute Gasteiger partial charge is 0.236 e. The predicted molar refractivity (Wildman–Crippen MR) is 94.8 cm³/mol. The number of carbonyl (C=O) groups is 1. The SMILES string of the molecule is Cc1nccn1-c1cncc(C2CCCN2CC(=O)N2CCOCC2)n1. The van der Waals surface area contributed by atoms with Gasteiger partial charge in [-0.1, -0.05) is 0 Å². The fourth-order valence-electron chi connectivity index (χ4n) is 3.70. The molecule has 0 bridgehead atoms. The number of likely N-dealkylation sites (tertiary alicyclic amines) is 1. The number of aromatic nitrogens is 4. The molecule has 2 aliphatic rings. The Bertz CT molecular complexity index is 771. The molecule has 4 heterocycles. The van der Waals surface area contributed by atoms with Crippen LogP contribution in [0.2, 0.25) is 0 Å². The van der Waals surface area contributed by atoms with E-state index in [-0.39, 0.29) is 11.9 Å². The molecular formula is C18H24N6O2. The van der Waals surface area contributed by atoms with E-state index in [2.05, 4.69) is 14.9 Å². The Hall–Kier alpha value is -2.32. The standard InChI is InChI=1S/C18H24N6O2/c1-14-20-4-6-24(14)17-12-19-11-15(21-17)16-3-2-5-23(16)13-18(25)22-7-9-26-10-8-22/h4,6,11-12,16H,2-3,5,7-10,13H2,1H3. The molecule has 2 aromatic heterocycles. The van der Waals surface area contributed by atoms with E-state index in [1.165, 1.54) is 0 Å². The van der Waals surface area contributed by atoms with Crippen LogP contribution in [0.3, 0.4) is 0 Å². The van der Waals surface area contributed by atoms with Crippen LogP contribution in [0.5, 0.6) is 0 Å². The average molecular weight is 356 g/mol. The lowest BCUT2D eigenvalue weighted by molar-refractivity contribution is -0.136. The monoisotopic (exact) mass is 356 g/mol. The van der Waals surface area contributed by atoms with Crippen LogP contribution in [0.25, 0.3) is 5.82 Å². The number of ether oxygens (including phenoxy) is 1.